The zero-order valence-electron chi connectivity index (χ0n) is 13.4. The molecule has 0 aromatic carbocycles. The third-order valence-corrected chi connectivity index (χ3v) is 6.12. The molecule has 1 saturated heterocycles. The highest BCUT2D eigenvalue weighted by Gasteiger charge is 2.66. The zero-order valence-corrected chi connectivity index (χ0v) is 13.4. The summed E-state index contributed by atoms with van der Waals surface area (Å²) in [4.78, 5) is 0. The predicted octanol–water partition coefficient (Wildman–Crippen LogP) is 3.07. The third-order valence-electron chi connectivity index (χ3n) is 6.12. The highest BCUT2D eigenvalue weighted by molar-refractivity contribution is 5.20. The molecule has 0 amide bonds. The highest BCUT2D eigenvalue weighted by atomic mass is 16.5. The zero-order chi connectivity index (χ0) is 14.6. The lowest BCUT2D eigenvalue weighted by molar-refractivity contribution is -0.178. The van der Waals surface area contributed by atoms with Gasteiger partial charge in [-0.15, -0.1) is 0 Å². The summed E-state index contributed by atoms with van der Waals surface area (Å²) in [7, 11) is 0. The Morgan fingerprint density at radius 2 is 2.19 bits per heavy atom. The molecular weight excluding hydrogens is 262 g/mol. The van der Waals surface area contributed by atoms with Crippen molar-refractivity contribution < 1.29 is 4.74 Å². The van der Waals surface area contributed by atoms with Gasteiger partial charge in [0.05, 0.1) is 12.3 Å². The SMILES string of the molecule is CC(NC1C2CCOC2C12CCC2)c1cnn(C(C)C)c1. The minimum atomic E-state index is 0.376. The van der Waals surface area contributed by atoms with Crippen LogP contribution in [0.15, 0.2) is 12.4 Å². The molecular formula is C17H27N3O. The van der Waals surface area contributed by atoms with Gasteiger partial charge in [0, 0.05) is 47.8 Å². The first-order valence-electron chi connectivity index (χ1n) is 8.53. The van der Waals surface area contributed by atoms with Gasteiger partial charge in [-0.2, -0.15) is 5.10 Å². The van der Waals surface area contributed by atoms with E-state index in [0.717, 1.165) is 12.5 Å². The molecule has 0 radical (unpaired) electrons. The van der Waals surface area contributed by atoms with Crippen LogP contribution in [0.4, 0.5) is 0 Å². The number of aromatic nitrogens is 2. The number of hydrogen-bond donors (Lipinski definition) is 1. The third kappa shape index (κ3) is 1.92. The fourth-order valence-electron chi connectivity index (χ4n) is 4.72. The molecule has 1 aromatic heterocycles. The number of rotatable bonds is 4. The monoisotopic (exact) mass is 289 g/mol. The maximum atomic E-state index is 6.01. The molecule has 4 atom stereocenters. The van der Waals surface area contributed by atoms with Gasteiger partial charge >= 0.3 is 0 Å². The summed E-state index contributed by atoms with van der Waals surface area (Å²) in [5, 5.41) is 8.39. The van der Waals surface area contributed by atoms with Crippen molar-refractivity contribution in [2.45, 2.75) is 70.7 Å². The van der Waals surface area contributed by atoms with Gasteiger partial charge in [-0.1, -0.05) is 6.42 Å². The van der Waals surface area contributed by atoms with E-state index < -0.39 is 0 Å². The quantitative estimate of drug-likeness (QED) is 0.926. The molecule has 0 bridgehead atoms. The number of nitrogens with one attached hydrogen (secondary N) is 1. The summed E-state index contributed by atoms with van der Waals surface area (Å²) < 4.78 is 8.06. The summed E-state index contributed by atoms with van der Waals surface area (Å²) in [6.07, 6.45) is 10.1. The van der Waals surface area contributed by atoms with E-state index >= 15 is 0 Å². The van der Waals surface area contributed by atoms with Crippen molar-refractivity contribution in [1.29, 1.82) is 0 Å². The van der Waals surface area contributed by atoms with Gasteiger partial charge in [0.1, 0.15) is 0 Å². The van der Waals surface area contributed by atoms with Gasteiger partial charge in [-0.05, 0) is 40.0 Å². The second-order valence-electron chi connectivity index (χ2n) is 7.54. The highest BCUT2D eigenvalue weighted by Crippen LogP contribution is 2.63. The summed E-state index contributed by atoms with van der Waals surface area (Å²) >= 11 is 0. The van der Waals surface area contributed by atoms with Crippen LogP contribution in [0, 0.1) is 11.3 Å². The van der Waals surface area contributed by atoms with Crippen LogP contribution in [0.25, 0.3) is 0 Å². The molecule has 4 nitrogen and oxygen atoms in total. The van der Waals surface area contributed by atoms with Gasteiger partial charge in [0.25, 0.3) is 0 Å². The molecule has 3 fully saturated rings. The number of nitrogens with zero attached hydrogens (tertiary/aromatic N) is 2. The van der Waals surface area contributed by atoms with Crippen molar-refractivity contribution in [3.8, 4) is 0 Å². The average molecular weight is 289 g/mol. The minimum absolute atomic E-state index is 0.376. The Morgan fingerprint density at radius 1 is 1.38 bits per heavy atom. The molecule has 21 heavy (non-hydrogen) atoms. The molecule has 1 aromatic rings. The van der Waals surface area contributed by atoms with Crippen LogP contribution in [0.1, 0.15) is 64.1 Å². The Hall–Kier alpha value is -0.870. The van der Waals surface area contributed by atoms with E-state index in [2.05, 4.69) is 42.1 Å². The lowest BCUT2D eigenvalue weighted by Crippen LogP contribution is -2.71. The largest absolute Gasteiger partial charge is 0.377 e. The van der Waals surface area contributed by atoms with Crippen molar-refractivity contribution in [2.75, 3.05) is 6.61 Å². The van der Waals surface area contributed by atoms with Crippen molar-refractivity contribution in [2.24, 2.45) is 11.3 Å². The van der Waals surface area contributed by atoms with Crippen molar-refractivity contribution >= 4 is 0 Å². The van der Waals surface area contributed by atoms with Crippen molar-refractivity contribution in [3.05, 3.63) is 18.0 Å². The minimum Gasteiger partial charge on any atom is -0.377 e. The van der Waals surface area contributed by atoms with E-state index in [1.165, 1.54) is 31.2 Å². The lowest BCUT2D eigenvalue weighted by atomic mass is 9.46. The van der Waals surface area contributed by atoms with Crippen LogP contribution in [-0.4, -0.2) is 28.5 Å². The summed E-state index contributed by atoms with van der Waals surface area (Å²) in [6.45, 7) is 7.58. The fraction of sp³-hybridized carbons (Fsp3) is 0.824. The molecule has 4 heteroatoms. The second-order valence-corrected chi connectivity index (χ2v) is 7.54. The summed E-state index contributed by atoms with van der Waals surface area (Å²) in [5.41, 5.74) is 1.77. The van der Waals surface area contributed by atoms with E-state index in [1.807, 2.05) is 6.20 Å². The van der Waals surface area contributed by atoms with Crippen molar-refractivity contribution in [1.82, 2.24) is 15.1 Å². The number of hydrogen-bond acceptors (Lipinski definition) is 3. The van der Waals surface area contributed by atoms with E-state index in [-0.39, 0.29) is 0 Å². The van der Waals surface area contributed by atoms with E-state index in [9.17, 15) is 0 Å². The molecule has 1 N–H and O–H groups in total. The van der Waals surface area contributed by atoms with Gasteiger partial charge in [-0.25, -0.2) is 0 Å². The Balaban J connectivity index is 1.47. The molecule has 4 rings (SSSR count). The van der Waals surface area contributed by atoms with Crippen LogP contribution < -0.4 is 5.32 Å². The summed E-state index contributed by atoms with van der Waals surface area (Å²) in [5.74, 6) is 0.743. The van der Waals surface area contributed by atoms with Gasteiger partial charge < -0.3 is 10.1 Å². The Labute approximate surface area is 127 Å². The van der Waals surface area contributed by atoms with Gasteiger partial charge in [-0.3, -0.25) is 4.68 Å². The van der Waals surface area contributed by atoms with Gasteiger partial charge in [0.2, 0.25) is 0 Å². The molecule has 4 unspecified atom stereocenters. The molecule has 1 spiro atoms. The van der Waals surface area contributed by atoms with Crippen LogP contribution >= 0.6 is 0 Å². The van der Waals surface area contributed by atoms with Crippen LogP contribution in [-0.2, 0) is 4.74 Å². The van der Waals surface area contributed by atoms with E-state index in [4.69, 9.17) is 4.74 Å². The second kappa shape index (κ2) is 4.82. The molecule has 116 valence electrons. The predicted molar refractivity (Wildman–Crippen MR) is 82.1 cm³/mol. The first-order chi connectivity index (χ1) is 10.1. The number of ether oxygens (including phenoxy) is 1. The smallest absolute Gasteiger partial charge is 0.0690 e. The molecule has 2 heterocycles. The molecule has 3 aliphatic rings. The van der Waals surface area contributed by atoms with Crippen LogP contribution in [0.3, 0.4) is 0 Å². The first kappa shape index (κ1) is 13.8. The lowest BCUT2D eigenvalue weighted by Gasteiger charge is -2.64. The normalized spacial score (nSPS) is 34.6. The molecule has 2 aliphatic carbocycles. The van der Waals surface area contributed by atoms with E-state index in [1.54, 1.807) is 0 Å². The van der Waals surface area contributed by atoms with E-state index in [0.29, 0.717) is 29.6 Å². The summed E-state index contributed by atoms with van der Waals surface area (Å²) in [6, 6.07) is 1.46. The first-order valence-corrected chi connectivity index (χ1v) is 8.53. The Morgan fingerprint density at radius 3 is 2.81 bits per heavy atom. The van der Waals surface area contributed by atoms with Crippen LogP contribution in [0.2, 0.25) is 0 Å². The Bertz CT molecular complexity index is 520. The topological polar surface area (TPSA) is 39.1 Å². The maximum absolute atomic E-state index is 6.01. The standard InChI is InChI=1S/C17H27N3O/c1-11(2)20-10-13(9-18-20)12(3)19-15-14-5-8-21-16(14)17(15)6-4-7-17/h9-12,14-16,19H,4-8H2,1-3H3. The van der Waals surface area contributed by atoms with Gasteiger partial charge in [0.15, 0.2) is 0 Å². The van der Waals surface area contributed by atoms with Crippen LogP contribution in [0.5, 0.6) is 0 Å². The maximum Gasteiger partial charge on any atom is 0.0690 e. The Kier molecular flexibility index (Phi) is 3.16. The van der Waals surface area contributed by atoms with Crippen molar-refractivity contribution in [3.63, 3.8) is 0 Å². The molecule has 2 saturated carbocycles. The fourth-order valence-corrected chi connectivity index (χ4v) is 4.72. The average Bonchev–Trinajstić information content (AvgIpc) is 3.01. The molecule has 1 aliphatic heterocycles. The number of fused-ring (bicyclic) bond motifs is 2.